The predicted octanol–water partition coefficient (Wildman–Crippen LogP) is -1.26. The molecule has 0 saturated heterocycles. The number of nitrogens with two attached hydrogens (primary N) is 1. The number of carboxylic acid groups (broad SMARTS) is 4. The van der Waals surface area contributed by atoms with Crippen molar-refractivity contribution >= 4 is 47.7 Å². The van der Waals surface area contributed by atoms with Gasteiger partial charge in [-0.15, -0.1) is 0 Å². The van der Waals surface area contributed by atoms with Gasteiger partial charge in [0.25, 0.3) is 11.8 Å². The van der Waals surface area contributed by atoms with E-state index in [1.165, 1.54) is 17.0 Å². The summed E-state index contributed by atoms with van der Waals surface area (Å²) in [6.07, 6.45) is 3.83. The van der Waals surface area contributed by atoms with Crippen LogP contribution in [0.1, 0.15) is 27.9 Å². The molecule has 276 valence electrons. The lowest BCUT2D eigenvalue weighted by Gasteiger charge is -2.28. The maximum Gasteiger partial charge on any atom is 0.317 e. The van der Waals surface area contributed by atoms with Crippen molar-refractivity contribution in [2.24, 2.45) is 5.73 Å². The summed E-state index contributed by atoms with van der Waals surface area (Å²) in [7, 11) is 0. The highest BCUT2D eigenvalue weighted by atomic mass is 16.4. The highest BCUT2D eigenvalue weighted by molar-refractivity contribution is 5.96. The van der Waals surface area contributed by atoms with Gasteiger partial charge in [-0.3, -0.25) is 59.1 Å². The Morgan fingerprint density at radius 1 is 0.647 bits per heavy atom. The van der Waals surface area contributed by atoms with Gasteiger partial charge in [-0.25, -0.2) is 0 Å². The average Bonchev–Trinajstić information content (AvgIpc) is 3.06. The number of benzene rings is 2. The molecular weight excluding hydrogens is 670 g/mol. The lowest BCUT2D eigenvalue weighted by Crippen LogP contribution is -2.49. The van der Waals surface area contributed by atoms with Crippen LogP contribution in [0.4, 0.5) is 0 Å². The summed E-state index contributed by atoms with van der Waals surface area (Å²) in [5.74, 6) is -6.68. The van der Waals surface area contributed by atoms with E-state index in [0.29, 0.717) is 5.56 Å². The molecule has 0 aliphatic heterocycles. The van der Waals surface area contributed by atoms with Crippen molar-refractivity contribution in [2.45, 2.75) is 19.0 Å². The van der Waals surface area contributed by atoms with Crippen molar-refractivity contribution in [1.82, 2.24) is 30.9 Å². The number of amides is 3. The number of hydrogen-bond acceptors (Lipinski definition) is 11. The molecule has 2 aromatic rings. The molecule has 0 unspecified atom stereocenters. The first kappa shape index (κ1) is 41.5. The van der Waals surface area contributed by atoms with Crippen molar-refractivity contribution in [2.75, 3.05) is 58.9 Å². The average molecular weight is 714 g/mol. The molecule has 2 rings (SSSR count). The van der Waals surface area contributed by atoms with Crippen LogP contribution in [-0.4, -0.2) is 142 Å². The van der Waals surface area contributed by atoms with E-state index in [0.717, 1.165) is 15.4 Å². The van der Waals surface area contributed by atoms with Gasteiger partial charge >= 0.3 is 23.9 Å². The Hall–Kier alpha value is -5.69. The Morgan fingerprint density at radius 3 is 1.63 bits per heavy atom. The molecule has 51 heavy (non-hydrogen) atoms. The highest BCUT2D eigenvalue weighted by Gasteiger charge is 2.20. The molecule has 0 saturated carbocycles. The maximum atomic E-state index is 12.9. The van der Waals surface area contributed by atoms with Gasteiger partial charge in [0.1, 0.15) is 0 Å². The molecule has 18 nitrogen and oxygen atoms in total. The van der Waals surface area contributed by atoms with Crippen molar-refractivity contribution in [1.29, 1.82) is 0 Å². The van der Waals surface area contributed by atoms with E-state index in [1.54, 1.807) is 18.2 Å². The summed E-state index contributed by atoms with van der Waals surface area (Å²) in [5, 5.41) is 39.2. The minimum absolute atomic E-state index is 0.0115. The zero-order valence-electron chi connectivity index (χ0n) is 27.8. The lowest BCUT2D eigenvalue weighted by atomic mass is 10.1. The van der Waals surface area contributed by atoms with Gasteiger partial charge in [-0.2, -0.15) is 0 Å². The SMILES string of the molecule is N[C@H](CC=Cc1ccccc1)C(=O)NNC(=O)c1ccc(CNC(=O)CN(CCN(CC(=O)O)CC(=O)O)CCN(CC(=O)O)CC(=O)O)cc1. The van der Waals surface area contributed by atoms with Crippen LogP contribution in [-0.2, 0) is 35.3 Å². The zero-order valence-corrected chi connectivity index (χ0v) is 27.8. The minimum Gasteiger partial charge on any atom is -0.480 e. The van der Waals surface area contributed by atoms with Crippen LogP contribution in [0.3, 0.4) is 0 Å². The molecule has 0 aromatic heterocycles. The highest BCUT2D eigenvalue weighted by Crippen LogP contribution is 2.06. The molecule has 1 atom stereocenters. The van der Waals surface area contributed by atoms with Crippen LogP contribution in [0.25, 0.3) is 6.08 Å². The molecule has 0 spiro atoms. The Bertz CT molecular complexity index is 1450. The zero-order chi connectivity index (χ0) is 37.8. The van der Waals surface area contributed by atoms with E-state index in [9.17, 15) is 33.6 Å². The summed E-state index contributed by atoms with van der Waals surface area (Å²) in [4.78, 5) is 86.3. The Balaban J connectivity index is 1.92. The fourth-order valence-corrected chi connectivity index (χ4v) is 4.57. The summed E-state index contributed by atoms with van der Waals surface area (Å²) in [6.45, 7) is -2.61. The quantitative estimate of drug-likeness (QED) is 0.0625. The number of carboxylic acids is 4. The Kier molecular flexibility index (Phi) is 18.0. The van der Waals surface area contributed by atoms with Crippen molar-refractivity contribution in [3.05, 3.63) is 77.4 Å². The second-order valence-corrected chi connectivity index (χ2v) is 11.3. The number of carbonyl (C=O) groups excluding carboxylic acids is 3. The van der Waals surface area contributed by atoms with Gasteiger partial charge in [0.05, 0.1) is 38.8 Å². The fourth-order valence-electron chi connectivity index (χ4n) is 4.57. The third-order valence-corrected chi connectivity index (χ3v) is 7.11. The second-order valence-electron chi connectivity index (χ2n) is 11.3. The Labute approximate surface area is 293 Å². The smallest absolute Gasteiger partial charge is 0.317 e. The van der Waals surface area contributed by atoms with Crippen LogP contribution in [0.2, 0.25) is 0 Å². The number of rotatable bonds is 23. The van der Waals surface area contributed by atoms with Gasteiger partial charge in [-0.05, 0) is 29.7 Å². The first-order chi connectivity index (χ1) is 24.2. The number of nitrogens with one attached hydrogen (secondary N) is 3. The molecule has 18 heteroatoms. The number of hydrazine groups is 1. The van der Waals surface area contributed by atoms with Gasteiger partial charge in [0.2, 0.25) is 5.91 Å². The molecular formula is C33H43N7O11. The van der Waals surface area contributed by atoms with E-state index < -0.39 is 73.8 Å². The lowest BCUT2D eigenvalue weighted by molar-refractivity contribution is -0.143. The largest absolute Gasteiger partial charge is 0.480 e. The standard InChI is InChI=1S/C33H43N7O11/c34-26(8-4-7-23-5-2-1-3-6-23)33(51)37-36-32(50)25-11-9-24(10-12-25)17-35-27(41)18-38(13-15-39(19-28(42)43)20-29(44)45)14-16-40(21-30(46)47)22-31(48)49/h1-7,9-12,26H,8,13-22,34H2,(H,35,41)(H,36,50)(H,37,51)(H,42,43)(H,44,45)(H,46,47)(H,48,49)/t26-/m1/s1. The Morgan fingerprint density at radius 2 is 1.14 bits per heavy atom. The molecule has 0 aliphatic carbocycles. The number of nitrogens with zero attached hydrogens (tertiary/aromatic N) is 3. The van der Waals surface area contributed by atoms with Crippen molar-refractivity contribution < 1.29 is 54.0 Å². The van der Waals surface area contributed by atoms with Crippen LogP contribution in [0, 0.1) is 0 Å². The molecule has 0 heterocycles. The fraction of sp³-hybridized carbons (Fsp3) is 0.364. The molecule has 9 N–H and O–H groups in total. The predicted molar refractivity (Wildman–Crippen MR) is 182 cm³/mol. The van der Waals surface area contributed by atoms with E-state index in [-0.39, 0.29) is 51.3 Å². The summed E-state index contributed by atoms with van der Waals surface area (Å²) < 4.78 is 0. The summed E-state index contributed by atoms with van der Waals surface area (Å²) >= 11 is 0. The van der Waals surface area contributed by atoms with Crippen molar-refractivity contribution in [3.8, 4) is 0 Å². The maximum absolute atomic E-state index is 12.9. The van der Waals surface area contributed by atoms with Crippen molar-refractivity contribution in [3.63, 3.8) is 0 Å². The molecule has 0 radical (unpaired) electrons. The van der Waals surface area contributed by atoms with Crippen LogP contribution < -0.4 is 21.9 Å². The molecule has 0 aliphatic rings. The van der Waals surface area contributed by atoms with Gasteiger partial charge in [0.15, 0.2) is 0 Å². The van der Waals surface area contributed by atoms with E-state index in [4.69, 9.17) is 26.2 Å². The molecule has 3 amide bonds. The monoisotopic (exact) mass is 713 g/mol. The summed E-state index contributed by atoms with van der Waals surface area (Å²) in [5.41, 5.74) is 12.3. The normalized spacial score (nSPS) is 11.8. The van der Waals surface area contributed by atoms with E-state index in [1.807, 2.05) is 36.4 Å². The number of carbonyl (C=O) groups is 7. The van der Waals surface area contributed by atoms with Crippen LogP contribution >= 0.6 is 0 Å². The second kappa shape index (κ2) is 22.1. The van der Waals surface area contributed by atoms with Gasteiger partial charge in [0, 0.05) is 38.3 Å². The first-order valence-electron chi connectivity index (χ1n) is 15.7. The van der Waals surface area contributed by atoms with Crippen LogP contribution in [0.5, 0.6) is 0 Å². The molecule has 0 bridgehead atoms. The van der Waals surface area contributed by atoms with Gasteiger partial charge < -0.3 is 31.5 Å². The minimum atomic E-state index is -1.25. The molecule has 2 aromatic carbocycles. The number of aliphatic carboxylic acids is 4. The third kappa shape index (κ3) is 18.0. The van der Waals surface area contributed by atoms with Gasteiger partial charge in [-0.1, -0.05) is 54.6 Å². The van der Waals surface area contributed by atoms with Crippen LogP contribution in [0.15, 0.2) is 60.7 Å². The summed E-state index contributed by atoms with van der Waals surface area (Å²) in [6, 6.07) is 14.7. The first-order valence-corrected chi connectivity index (χ1v) is 15.7. The molecule has 0 fully saturated rings. The number of hydrogen-bond donors (Lipinski definition) is 8. The van der Waals surface area contributed by atoms with E-state index in [2.05, 4.69) is 16.2 Å². The van der Waals surface area contributed by atoms with E-state index >= 15 is 0 Å². The third-order valence-electron chi connectivity index (χ3n) is 7.11. The topological polar surface area (TPSA) is 272 Å².